The normalized spacial score (nSPS) is 26.8. The van der Waals surface area contributed by atoms with Crippen molar-refractivity contribution in [3.8, 4) is 0 Å². The van der Waals surface area contributed by atoms with Gasteiger partial charge < -0.3 is 14.9 Å². The molecule has 3 atom stereocenters. The Morgan fingerprint density at radius 3 is 2.56 bits per heavy atom. The fourth-order valence-corrected chi connectivity index (χ4v) is 3.86. The van der Waals surface area contributed by atoms with Gasteiger partial charge in [-0.2, -0.15) is 0 Å². The number of piperidine rings is 1. The van der Waals surface area contributed by atoms with Crippen LogP contribution in [0, 0.1) is 11.8 Å². The molecule has 134 valence electrons. The van der Waals surface area contributed by atoms with Gasteiger partial charge in [0.05, 0.1) is 22.5 Å². The van der Waals surface area contributed by atoms with Crippen molar-refractivity contribution >= 4 is 35.1 Å². The van der Waals surface area contributed by atoms with Crippen molar-refractivity contribution in [2.24, 2.45) is 11.8 Å². The lowest BCUT2D eigenvalue weighted by molar-refractivity contribution is -0.148. The molecule has 0 bridgehead atoms. The molecule has 0 spiro atoms. The zero-order valence-electron chi connectivity index (χ0n) is 14.0. The van der Waals surface area contributed by atoms with Crippen LogP contribution < -0.4 is 4.90 Å². The average molecular weight is 365 g/mol. The van der Waals surface area contributed by atoms with Gasteiger partial charge >= 0.3 is 5.97 Å². The Balaban J connectivity index is 1.74. The fourth-order valence-electron chi connectivity index (χ4n) is 3.63. The summed E-state index contributed by atoms with van der Waals surface area (Å²) in [6, 6.07) is 7.05. The molecule has 2 aliphatic rings. The van der Waals surface area contributed by atoms with Crippen LogP contribution in [0.15, 0.2) is 24.3 Å². The van der Waals surface area contributed by atoms with Gasteiger partial charge in [-0.05, 0) is 31.9 Å². The third-order valence-electron chi connectivity index (χ3n) is 5.13. The summed E-state index contributed by atoms with van der Waals surface area (Å²) in [5.41, 5.74) is 0.611. The van der Waals surface area contributed by atoms with Crippen molar-refractivity contribution in [3.63, 3.8) is 0 Å². The second-order valence-corrected chi connectivity index (χ2v) is 7.22. The first-order chi connectivity index (χ1) is 11.9. The topological polar surface area (TPSA) is 77.9 Å². The molecule has 25 heavy (non-hydrogen) atoms. The van der Waals surface area contributed by atoms with E-state index < -0.39 is 17.8 Å². The van der Waals surface area contributed by atoms with Crippen LogP contribution in [0.1, 0.15) is 26.2 Å². The minimum Gasteiger partial charge on any atom is -0.481 e. The highest BCUT2D eigenvalue weighted by Crippen LogP contribution is 2.33. The van der Waals surface area contributed by atoms with E-state index in [1.807, 2.05) is 6.92 Å². The molecule has 1 aromatic carbocycles. The van der Waals surface area contributed by atoms with Gasteiger partial charge in [0.2, 0.25) is 11.8 Å². The van der Waals surface area contributed by atoms with Gasteiger partial charge in [0.25, 0.3) is 0 Å². The zero-order valence-corrected chi connectivity index (χ0v) is 14.8. The van der Waals surface area contributed by atoms with Crippen LogP contribution >= 0.6 is 11.6 Å². The van der Waals surface area contributed by atoms with E-state index in [1.165, 1.54) is 0 Å². The van der Waals surface area contributed by atoms with Gasteiger partial charge in [-0.3, -0.25) is 14.4 Å². The lowest BCUT2D eigenvalue weighted by Crippen LogP contribution is -2.49. The molecule has 1 N–H and O–H groups in total. The summed E-state index contributed by atoms with van der Waals surface area (Å²) in [6.07, 6.45) is 1.37. The van der Waals surface area contributed by atoms with Gasteiger partial charge in [-0.25, -0.2) is 0 Å². The lowest BCUT2D eigenvalue weighted by Gasteiger charge is -2.37. The maximum atomic E-state index is 12.9. The van der Waals surface area contributed by atoms with Crippen LogP contribution in [0.5, 0.6) is 0 Å². The molecule has 0 radical (unpaired) electrons. The van der Waals surface area contributed by atoms with Crippen LogP contribution in [0.3, 0.4) is 0 Å². The molecule has 2 saturated heterocycles. The number of carboxylic acid groups (broad SMARTS) is 1. The third kappa shape index (κ3) is 3.49. The number of anilines is 1. The average Bonchev–Trinajstić information content (AvgIpc) is 2.96. The van der Waals surface area contributed by atoms with Crippen LogP contribution in [-0.4, -0.2) is 46.9 Å². The largest absolute Gasteiger partial charge is 0.481 e. The highest BCUT2D eigenvalue weighted by atomic mass is 35.5. The van der Waals surface area contributed by atoms with E-state index in [1.54, 1.807) is 34.1 Å². The number of carboxylic acids is 1. The highest BCUT2D eigenvalue weighted by Gasteiger charge is 2.41. The number of amides is 2. The Labute approximate surface area is 151 Å². The Morgan fingerprint density at radius 2 is 1.88 bits per heavy atom. The molecule has 2 amide bonds. The number of hydrogen-bond donors (Lipinski definition) is 1. The molecule has 1 aromatic rings. The Kier molecular flexibility index (Phi) is 4.99. The van der Waals surface area contributed by atoms with Crippen LogP contribution in [-0.2, 0) is 14.4 Å². The van der Waals surface area contributed by atoms with Gasteiger partial charge in [0.15, 0.2) is 0 Å². The Bertz CT molecular complexity index is 708. The molecule has 2 fully saturated rings. The molecule has 7 heteroatoms. The standard InChI is InChI=1S/C18H21ClN2O4/c1-11-6-7-12(18(24)25)9-20(11)17(23)13-8-16(22)21(10-13)15-5-3-2-4-14(15)19/h2-5,11-13H,6-10H2,1H3,(H,24,25). The van der Waals surface area contributed by atoms with Crippen molar-refractivity contribution in [3.05, 3.63) is 29.3 Å². The first-order valence-electron chi connectivity index (χ1n) is 8.46. The number of rotatable bonds is 3. The van der Waals surface area contributed by atoms with E-state index >= 15 is 0 Å². The second-order valence-electron chi connectivity index (χ2n) is 6.81. The van der Waals surface area contributed by atoms with Crippen molar-refractivity contribution in [1.29, 1.82) is 0 Å². The van der Waals surface area contributed by atoms with Gasteiger partial charge in [-0.1, -0.05) is 23.7 Å². The van der Waals surface area contributed by atoms with E-state index in [4.69, 9.17) is 11.6 Å². The number of benzene rings is 1. The highest BCUT2D eigenvalue weighted by molar-refractivity contribution is 6.33. The minimum atomic E-state index is -0.870. The Hall–Kier alpha value is -2.08. The number of aliphatic carboxylic acids is 1. The van der Waals surface area contributed by atoms with Gasteiger partial charge in [0, 0.05) is 25.6 Å². The maximum Gasteiger partial charge on any atom is 0.308 e. The zero-order chi connectivity index (χ0) is 18.1. The predicted molar refractivity (Wildman–Crippen MR) is 93.4 cm³/mol. The smallest absolute Gasteiger partial charge is 0.308 e. The number of halogens is 1. The van der Waals surface area contributed by atoms with Crippen LogP contribution in [0.25, 0.3) is 0 Å². The third-order valence-corrected chi connectivity index (χ3v) is 5.45. The molecular formula is C18H21ClN2O4. The summed E-state index contributed by atoms with van der Waals surface area (Å²) in [6.45, 7) is 2.42. The minimum absolute atomic E-state index is 0.00688. The number of para-hydroxylation sites is 1. The summed E-state index contributed by atoms with van der Waals surface area (Å²) < 4.78 is 0. The molecule has 2 aliphatic heterocycles. The summed E-state index contributed by atoms with van der Waals surface area (Å²) in [7, 11) is 0. The van der Waals surface area contributed by atoms with E-state index in [-0.39, 0.29) is 37.4 Å². The maximum absolute atomic E-state index is 12.9. The van der Waals surface area contributed by atoms with Gasteiger partial charge in [-0.15, -0.1) is 0 Å². The van der Waals surface area contributed by atoms with Crippen molar-refractivity contribution in [2.45, 2.75) is 32.2 Å². The number of carbonyl (C=O) groups is 3. The Morgan fingerprint density at radius 1 is 1.16 bits per heavy atom. The second kappa shape index (κ2) is 7.04. The summed E-state index contributed by atoms with van der Waals surface area (Å²) >= 11 is 6.17. The number of carbonyl (C=O) groups excluding carboxylic acids is 2. The quantitative estimate of drug-likeness (QED) is 0.893. The fraction of sp³-hybridized carbons (Fsp3) is 0.500. The lowest BCUT2D eigenvalue weighted by atomic mass is 9.92. The number of likely N-dealkylation sites (tertiary alicyclic amines) is 1. The summed E-state index contributed by atoms with van der Waals surface area (Å²) in [4.78, 5) is 39.7. The molecule has 3 rings (SSSR count). The predicted octanol–water partition coefficient (Wildman–Crippen LogP) is 2.40. The monoisotopic (exact) mass is 364 g/mol. The van der Waals surface area contributed by atoms with Crippen LogP contribution in [0.4, 0.5) is 5.69 Å². The van der Waals surface area contributed by atoms with E-state index in [0.29, 0.717) is 23.6 Å². The first-order valence-corrected chi connectivity index (χ1v) is 8.84. The molecule has 2 heterocycles. The van der Waals surface area contributed by atoms with Crippen molar-refractivity contribution in [2.75, 3.05) is 18.0 Å². The molecule has 0 aliphatic carbocycles. The molecular weight excluding hydrogens is 344 g/mol. The van der Waals surface area contributed by atoms with E-state index in [0.717, 1.165) is 0 Å². The number of nitrogens with zero attached hydrogens (tertiary/aromatic N) is 2. The van der Waals surface area contributed by atoms with E-state index in [2.05, 4.69) is 0 Å². The first kappa shape index (κ1) is 17.7. The van der Waals surface area contributed by atoms with Crippen LogP contribution in [0.2, 0.25) is 5.02 Å². The molecule has 6 nitrogen and oxygen atoms in total. The van der Waals surface area contributed by atoms with Crippen molar-refractivity contribution in [1.82, 2.24) is 4.90 Å². The molecule has 0 saturated carbocycles. The van der Waals surface area contributed by atoms with E-state index in [9.17, 15) is 19.5 Å². The number of hydrogen-bond acceptors (Lipinski definition) is 3. The molecule has 0 aromatic heterocycles. The van der Waals surface area contributed by atoms with Crippen molar-refractivity contribution < 1.29 is 19.5 Å². The molecule has 3 unspecified atom stereocenters. The SMILES string of the molecule is CC1CCC(C(=O)O)CN1C(=O)C1CC(=O)N(c2ccccc2Cl)C1. The summed E-state index contributed by atoms with van der Waals surface area (Å²) in [5.74, 6) is -2.13. The van der Waals surface area contributed by atoms with Gasteiger partial charge in [0.1, 0.15) is 0 Å². The summed E-state index contributed by atoms with van der Waals surface area (Å²) in [5, 5.41) is 9.71.